The molecule has 0 aliphatic heterocycles. The normalized spacial score (nSPS) is 16.3. The molecule has 1 aliphatic carbocycles. The second-order valence-electron chi connectivity index (χ2n) is 5.32. The fourth-order valence-electron chi connectivity index (χ4n) is 2.80. The maximum atomic E-state index is 5.32. The Hall–Kier alpha value is -1.22. The molecule has 0 radical (unpaired) electrons. The fourth-order valence-corrected chi connectivity index (χ4v) is 2.80. The summed E-state index contributed by atoms with van der Waals surface area (Å²) in [6, 6.07) is 6.11. The van der Waals surface area contributed by atoms with Crippen molar-refractivity contribution >= 4 is 0 Å². The molecule has 0 bridgehead atoms. The number of ether oxygens (including phenoxy) is 2. The van der Waals surface area contributed by atoms with Gasteiger partial charge >= 0.3 is 0 Å². The van der Waals surface area contributed by atoms with Gasteiger partial charge < -0.3 is 14.8 Å². The van der Waals surface area contributed by atoms with Crippen LogP contribution in [0.25, 0.3) is 0 Å². The number of nitrogens with one attached hydrogen (secondary N) is 1. The van der Waals surface area contributed by atoms with Crippen molar-refractivity contribution in [1.29, 1.82) is 0 Å². The second-order valence-corrected chi connectivity index (χ2v) is 5.32. The summed E-state index contributed by atoms with van der Waals surface area (Å²) >= 11 is 0. The largest absolute Gasteiger partial charge is 0.493 e. The van der Waals surface area contributed by atoms with Crippen LogP contribution in [0.5, 0.6) is 11.5 Å². The van der Waals surface area contributed by atoms with Crippen molar-refractivity contribution in [2.45, 2.75) is 38.6 Å². The first-order valence-corrected chi connectivity index (χ1v) is 7.25. The summed E-state index contributed by atoms with van der Waals surface area (Å²) in [4.78, 5) is 0. The van der Waals surface area contributed by atoms with Gasteiger partial charge in [0.1, 0.15) is 0 Å². The Bertz CT molecular complexity index is 386. The van der Waals surface area contributed by atoms with E-state index >= 15 is 0 Å². The summed E-state index contributed by atoms with van der Waals surface area (Å²) in [5.41, 5.74) is 1.24. The average Bonchev–Trinajstić information content (AvgIpc) is 2.48. The first kappa shape index (κ1) is 14.2. The predicted molar refractivity (Wildman–Crippen MR) is 77.8 cm³/mol. The lowest BCUT2D eigenvalue weighted by atomic mass is 9.89. The molecule has 0 saturated heterocycles. The Balaban J connectivity index is 1.81. The number of rotatable bonds is 6. The third kappa shape index (κ3) is 4.13. The van der Waals surface area contributed by atoms with Gasteiger partial charge in [-0.3, -0.25) is 0 Å². The Morgan fingerprint density at radius 3 is 2.47 bits per heavy atom. The monoisotopic (exact) mass is 263 g/mol. The molecule has 1 saturated carbocycles. The molecule has 0 atom stereocenters. The van der Waals surface area contributed by atoms with Gasteiger partial charge in [0.15, 0.2) is 11.5 Å². The summed E-state index contributed by atoms with van der Waals surface area (Å²) in [7, 11) is 3.34. The van der Waals surface area contributed by atoms with E-state index < -0.39 is 0 Å². The molecule has 0 unspecified atom stereocenters. The third-order valence-corrected chi connectivity index (χ3v) is 3.93. The van der Waals surface area contributed by atoms with E-state index in [9.17, 15) is 0 Å². The minimum absolute atomic E-state index is 0.790. The number of hydrogen-bond acceptors (Lipinski definition) is 3. The SMILES string of the molecule is COc1ccc(CNCC2CCCCC2)cc1OC. The molecular weight excluding hydrogens is 238 g/mol. The smallest absolute Gasteiger partial charge is 0.161 e. The van der Waals surface area contributed by atoms with Crippen molar-refractivity contribution in [3.8, 4) is 11.5 Å². The van der Waals surface area contributed by atoms with Gasteiger partial charge in [-0.15, -0.1) is 0 Å². The molecule has 0 aromatic heterocycles. The van der Waals surface area contributed by atoms with Crippen LogP contribution in [-0.4, -0.2) is 20.8 Å². The summed E-state index contributed by atoms with van der Waals surface area (Å²) in [6.07, 6.45) is 7.01. The van der Waals surface area contributed by atoms with E-state index in [1.165, 1.54) is 37.7 Å². The molecule has 19 heavy (non-hydrogen) atoms. The Morgan fingerprint density at radius 1 is 1.05 bits per heavy atom. The zero-order valence-electron chi connectivity index (χ0n) is 12.1. The first-order chi connectivity index (χ1) is 9.33. The van der Waals surface area contributed by atoms with Crippen LogP contribution in [0.3, 0.4) is 0 Å². The molecule has 0 heterocycles. The van der Waals surface area contributed by atoms with Gasteiger partial charge in [0.25, 0.3) is 0 Å². The van der Waals surface area contributed by atoms with E-state index in [1.807, 2.05) is 12.1 Å². The van der Waals surface area contributed by atoms with Crippen LogP contribution in [0.2, 0.25) is 0 Å². The summed E-state index contributed by atoms with van der Waals surface area (Å²) in [5, 5.41) is 3.56. The molecule has 0 spiro atoms. The highest BCUT2D eigenvalue weighted by atomic mass is 16.5. The van der Waals surface area contributed by atoms with E-state index in [2.05, 4.69) is 11.4 Å². The highest BCUT2D eigenvalue weighted by Gasteiger charge is 2.12. The van der Waals surface area contributed by atoms with Crippen molar-refractivity contribution in [2.75, 3.05) is 20.8 Å². The number of methoxy groups -OCH3 is 2. The van der Waals surface area contributed by atoms with Crippen LogP contribution in [0.1, 0.15) is 37.7 Å². The van der Waals surface area contributed by atoms with Crippen molar-refractivity contribution in [1.82, 2.24) is 5.32 Å². The molecule has 1 N–H and O–H groups in total. The Morgan fingerprint density at radius 2 is 1.79 bits per heavy atom. The molecule has 1 fully saturated rings. The molecule has 1 aromatic carbocycles. The second kappa shape index (κ2) is 7.39. The quantitative estimate of drug-likeness (QED) is 0.853. The van der Waals surface area contributed by atoms with Gasteiger partial charge in [0, 0.05) is 6.54 Å². The minimum atomic E-state index is 0.790. The first-order valence-electron chi connectivity index (χ1n) is 7.25. The third-order valence-electron chi connectivity index (χ3n) is 3.93. The fraction of sp³-hybridized carbons (Fsp3) is 0.625. The van der Waals surface area contributed by atoms with Crippen molar-refractivity contribution < 1.29 is 9.47 Å². The topological polar surface area (TPSA) is 30.5 Å². The number of hydrogen-bond donors (Lipinski definition) is 1. The van der Waals surface area contributed by atoms with Crippen molar-refractivity contribution in [3.63, 3.8) is 0 Å². The molecular formula is C16H25NO2. The van der Waals surface area contributed by atoms with Crippen LogP contribution in [0.15, 0.2) is 18.2 Å². The average molecular weight is 263 g/mol. The van der Waals surface area contributed by atoms with Crippen LogP contribution in [0, 0.1) is 5.92 Å². The lowest BCUT2D eigenvalue weighted by Crippen LogP contribution is -2.24. The summed E-state index contributed by atoms with van der Waals surface area (Å²) in [6.45, 7) is 2.03. The van der Waals surface area contributed by atoms with E-state index in [0.717, 1.165) is 30.5 Å². The lowest BCUT2D eigenvalue weighted by molar-refractivity contribution is 0.341. The predicted octanol–water partition coefficient (Wildman–Crippen LogP) is 3.37. The zero-order valence-corrected chi connectivity index (χ0v) is 12.1. The van der Waals surface area contributed by atoms with Gasteiger partial charge in [-0.1, -0.05) is 25.3 Å². The van der Waals surface area contributed by atoms with E-state index in [0.29, 0.717) is 0 Å². The van der Waals surface area contributed by atoms with Crippen LogP contribution in [-0.2, 0) is 6.54 Å². The van der Waals surface area contributed by atoms with Gasteiger partial charge in [0.2, 0.25) is 0 Å². The maximum absolute atomic E-state index is 5.32. The van der Waals surface area contributed by atoms with Gasteiger partial charge in [-0.2, -0.15) is 0 Å². The standard InChI is InChI=1S/C16H25NO2/c1-18-15-9-8-14(10-16(15)19-2)12-17-11-13-6-4-3-5-7-13/h8-10,13,17H,3-7,11-12H2,1-2H3. The minimum Gasteiger partial charge on any atom is -0.493 e. The van der Waals surface area contributed by atoms with Crippen molar-refractivity contribution in [3.05, 3.63) is 23.8 Å². The lowest BCUT2D eigenvalue weighted by Gasteiger charge is -2.21. The van der Waals surface area contributed by atoms with E-state index in [1.54, 1.807) is 14.2 Å². The van der Waals surface area contributed by atoms with Crippen molar-refractivity contribution in [2.24, 2.45) is 5.92 Å². The number of benzene rings is 1. The zero-order chi connectivity index (χ0) is 13.5. The van der Waals surface area contributed by atoms with Crippen LogP contribution in [0.4, 0.5) is 0 Å². The summed E-state index contributed by atoms with van der Waals surface area (Å²) < 4.78 is 10.6. The maximum Gasteiger partial charge on any atom is 0.161 e. The van der Waals surface area contributed by atoms with Crippen LogP contribution < -0.4 is 14.8 Å². The molecule has 0 amide bonds. The highest BCUT2D eigenvalue weighted by molar-refractivity contribution is 5.42. The molecule has 1 aromatic rings. The van der Waals surface area contributed by atoms with Gasteiger partial charge in [-0.05, 0) is 43.0 Å². The Kier molecular flexibility index (Phi) is 5.52. The molecule has 3 nitrogen and oxygen atoms in total. The van der Waals surface area contributed by atoms with Crippen LogP contribution >= 0.6 is 0 Å². The molecule has 3 heteroatoms. The molecule has 106 valence electrons. The molecule has 2 rings (SSSR count). The van der Waals surface area contributed by atoms with Gasteiger partial charge in [0.05, 0.1) is 14.2 Å². The molecule has 1 aliphatic rings. The van der Waals surface area contributed by atoms with E-state index in [4.69, 9.17) is 9.47 Å². The van der Waals surface area contributed by atoms with Gasteiger partial charge in [-0.25, -0.2) is 0 Å². The Labute approximate surface area is 116 Å². The summed E-state index contributed by atoms with van der Waals surface area (Å²) in [5.74, 6) is 2.46. The van der Waals surface area contributed by atoms with E-state index in [-0.39, 0.29) is 0 Å². The highest BCUT2D eigenvalue weighted by Crippen LogP contribution is 2.27.